The summed E-state index contributed by atoms with van der Waals surface area (Å²) in [4.78, 5) is 4.07. The van der Waals surface area contributed by atoms with Crippen molar-refractivity contribution in [3.63, 3.8) is 0 Å². The molecule has 0 bridgehead atoms. The summed E-state index contributed by atoms with van der Waals surface area (Å²) in [5.41, 5.74) is 0.732. The second kappa shape index (κ2) is 5.57. The van der Waals surface area contributed by atoms with Crippen molar-refractivity contribution in [3.05, 3.63) is 30.1 Å². The Hall–Kier alpha value is -0.980. The number of nitrogens with zero attached hydrogens (tertiary/aromatic N) is 1. The summed E-state index contributed by atoms with van der Waals surface area (Å²) >= 11 is 0. The maximum atomic E-state index is 11.8. The topological polar surface area (TPSA) is 71.1 Å². The third kappa shape index (κ3) is 4.07. The van der Waals surface area contributed by atoms with Crippen molar-refractivity contribution in [1.82, 2.24) is 15.0 Å². The van der Waals surface area contributed by atoms with Gasteiger partial charge in [0.2, 0.25) is 10.0 Å². The normalized spacial score (nSPS) is 20.6. The van der Waals surface area contributed by atoms with E-state index in [9.17, 15) is 8.42 Å². The molecule has 2 N–H and O–H groups in total. The lowest BCUT2D eigenvalue weighted by Crippen LogP contribution is -2.36. The van der Waals surface area contributed by atoms with Crippen molar-refractivity contribution >= 4 is 10.0 Å². The molecule has 2 heterocycles. The van der Waals surface area contributed by atoms with Crippen LogP contribution in [0.25, 0.3) is 0 Å². The summed E-state index contributed by atoms with van der Waals surface area (Å²) < 4.78 is 26.1. The van der Waals surface area contributed by atoms with Crippen LogP contribution in [0.2, 0.25) is 0 Å². The number of nitrogens with one attached hydrogen (secondary N) is 2. The van der Waals surface area contributed by atoms with Crippen LogP contribution >= 0.6 is 0 Å². The highest BCUT2D eigenvalue weighted by molar-refractivity contribution is 7.89. The van der Waals surface area contributed by atoms with Gasteiger partial charge in [0.05, 0.1) is 18.0 Å². The van der Waals surface area contributed by atoms with Crippen LogP contribution in [-0.2, 0) is 16.6 Å². The molecule has 17 heavy (non-hydrogen) atoms. The molecule has 0 aliphatic carbocycles. The molecule has 2 rings (SSSR count). The minimum atomic E-state index is -3.22. The molecule has 94 valence electrons. The lowest BCUT2D eigenvalue weighted by molar-refractivity contribution is 0.562. The second-order valence-electron chi connectivity index (χ2n) is 4.22. The molecule has 1 aliphatic rings. The molecule has 6 heteroatoms. The standard InChI is InChI=1S/C11H17N3O2S/c15-17(16,9-11-5-3-7-13-11)14-8-10-4-1-2-6-12-10/h1-2,4,6,11,13-14H,3,5,7-9H2. The maximum absolute atomic E-state index is 11.8. The van der Waals surface area contributed by atoms with Crippen molar-refractivity contribution in [2.45, 2.75) is 25.4 Å². The molecule has 1 atom stereocenters. The fourth-order valence-electron chi connectivity index (χ4n) is 1.91. The van der Waals surface area contributed by atoms with Gasteiger partial charge in [0.1, 0.15) is 0 Å². The predicted octanol–water partition coefficient (Wildman–Crippen LogP) is 0.253. The Balaban J connectivity index is 1.85. The number of hydrogen-bond acceptors (Lipinski definition) is 4. The zero-order valence-electron chi connectivity index (χ0n) is 9.59. The zero-order chi connectivity index (χ0) is 12.1. The van der Waals surface area contributed by atoms with Gasteiger partial charge in [-0.05, 0) is 31.5 Å². The molecule has 1 saturated heterocycles. The van der Waals surface area contributed by atoms with Crippen LogP contribution in [-0.4, -0.2) is 31.7 Å². The molecule has 0 spiro atoms. The van der Waals surface area contributed by atoms with Crippen molar-refractivity contribution in [1.29, 1.82) is 0 Å². The molecule has 0 aromatic carbocycles. The minimum absolute atomic E-state index is 0.0937. The fraction of sp³-hybridized carbons (Fsp3) is 0.545. The van der Waals surface area contributed by atoms with Gasteiger partial charge < -0.3 is 5.32 Å². The van der Waals surface area contributed by atoms with Crippen molar-refractivity contribution in [2.24, 2.45) is 0 Å². The highest BCUT2D eigenvalue weighted by Gasteiger charge is 2.21. The van der Waals surface area contributed by atoms with Crippen LogP contribution in [0.5, 0.6) is 0 Å². The SMILES string of the molecule is O=S(=O)(CC1CCCN1)NCc1ccccn1. The van der Waals surface area contributed by atoms with Crippen molar-refractivity contribution < 1.29 is 8.42 Å². The van der Waals surface area contributed by atoms with Crippen molar-refractivity contribution in [2.75, 3.05) is 12.3 Å². The monoisotopic (exact) mass is 255 g/mol. The summed E-state index contributed by atoms with van der Waals surface area (Å²) in [6, 6.07) is 5.54. The second-order valence-corrected chi connectivity index (χ2v) is 6.07. The van der Waals surface area contributed by atoms with Gasteiger partial charge in [-0.3, -0.25) is 4.98 Å². The number of pyridine rings is 1. The van der Waals surface area contributed by atoms with Gasteiger partial charge in [0.15, 0.2) is 0 Å². The molecule has 1 aromatic heterocycles. The third-order valence-corrected chi connectivity index (χ3v) is 4.21. The van der Waals surface area contributed by atoms with Crippen LogP contribution in [0.3, 0.4) is 0 Å². The summed E-state index contributed by atoms with van der Waals surface area (Å²) in [6.07, 6.45) is 3.65. The quantitative estimate of drug-likeness (QED) is 0.791. The number of hydrogen-bond donors (Lipinski definition) is 2. The molecule has 1 unspecified atom stereocenters. The first-order valence-corrected chi connectivity index (χ1v) is 7.41. The van der Waals surface area contributed by atoms with Crippen LogP contribution in [0.15, 0.2) is 24.4 Å². The van der Waals surface area contributed by atoms with E-state index in [1.165, 1.54) is 0 Å². The van der Waals surface area contributed by atoms with E-state index in [1.807, 2.05) is 6.07 Å². The Bertz CT molecular complexity index is 441. The Labute approximate surface area is 102 Å². The van der Waals surface area contributed by atoms with Gasteiger partial charge in [0, 0.05) is 12.2 Å². The Kier molecular flexibility index (Phi) is 4.09. The van der Waals surface area contributed by atoms with E-state index in [4.69, 9.17) is 0 Å². The lowest BCUT2D eigenvalue weighted by atomic mass is 10.3. The average Bonchev–Trinajstić information content (AvgIpc) is 2.80. The van der Waals surface area contributed by atoms with E-state index in [2.05, 4.69) is 15.0 Å². The molecule has 0 radical (unpaired) electrons. The summed E-state index contributed by atoms with van der Waals surface area (Å²) in [5.74, 6) is 0.153. The van der Waals surface area contributed by atoms with Gasteiger partial charge in [-0.15, -0.1) is 0 Å². The Morgan fingerprint density at radius 2 is 2.35 bits per heavy atom. The smallest absolute Gasteiger partial charge is 0.213 e. The van der Waals surface area contributed by atoms with Crippen LogP contribution in [0.4, 0.5) is 0 Å². The highest BCUT2D eigenvalue weighted by Crippen LogP contribution is 2.07. The van der Waals surface area contributed by atoms with Crippen LogP contribution in [0.1, 0.15) is 18.5 Å². The number of aromatic nitrogens is 1. The van der Waals surface area contributed by atoms with Gasteiger partial charge >= 0.3 is 0 Å². The first-order valence-electron chi connectivity index (χ1n) is 5.76. The van der Waals surface area contributed by atoms with Crippen LogP contribution < -0.4 is 10.0 Å². The summed E-state index contributed by atoms with van der Waals surface area (Å²) in [7, 11) is -3.22. The third-order valence-electron chi connectivity index (χ3n) is 2.78. The number of rotatable bonds is 5. The van der Waals surface area contributed by atoms with Gasteiger partial charge in [-0.1, -0.05) is 6.07 Å². The van der Waals surface area contributed by atoms with Gasteiger partial charge in [0.25, 0.3) is 0 Å². The lowest BCUT2D eigenvalue weighted by Gasteiger charge is -2.11. The fourth-order valence-corrected chi connectivity index (χ4v) is 3.21. The van der Waals surface area contributed by atoms with E-state index >= 15 is 0 Å². The molecular weight excluding hydrogens is 238 g/mol. The van der Waals surface area contributed by atoms with E-state index in [0.29, 0.717) is 0 Å². The number of sulfonamides is 1. The predicted molar refractivity (Wildman–Crippen MR) is 65.9 cm³/mol. The summed E-state index contributed by atoms with van der Waals surface area (Å²) in [6.45, 7) is 1.18. The zero-order valence-corrected chi connectivity index (χ0v) is 10.4. The van der Waals surface area contributed by atoms with Gasteiger partial charge in [-0.2, -0.15) is 0 Å². The first kappa shape index (κ1) is 12.5. The average molecular weight is 255 g/mol. The van der Waals surface area contributed by atoms with Crippen LogP contribution in [0, 0.1) is 0 Å². The van der Waals surface area contributed by atoms with Crippen molar-refractivity contribution in [3.8, 4) is 0 Å². The Morgan fingerprint density at radius 1 is 1.47 bits per heavy atom. The molecular formula is C11H17N3O2S. The van der Waals surface area contributed by atoms with E-state index in [1.54, 1.807) is 18.3 Å². The van der Waals surface area contributed by atoms with Gasteiger partial charge in [-0.25, -0.2) is 13.1 Å². The molecule has 1 fully saturated rings. The molecule has 0 amide bonds. The minimum Gasteiger partial charge on any atom is -0.313 e. The summed E-state index contributed by atoms with van der Waals surface area (Å²) in [5, 5.41) is 3.18. The molecule has 5 nitrogen and oxygen atoms in total. The largest absolute Gasteiger partial charge is 0.313 e. The molecule has 1 aliphatic heterocycles. The van der Waals surface area contributed by atoms with E-state index < -0.39 is 10.0 Å². The van der Waals surface area contributed by atoms with E-state index in [-0.39, 0.29) is 18.3 Å². The van der Waals surface area contributed by atoms with E-state index in [0.717, 1.165) is 25.1 Å². The molecule has 1 aromatic rings. The highest BCUT2D eigenvalue weighted by atomic mass is 32.2. The Morgan fingerprint density at radius 3 is 3.00 bits per heavy atom. The first-order chi connectivity index (χ1) is 8.16. The molecule has 0 saturated carbocycles. The maximum Gasteiger partial charge on any atom is 0.213 e.